The Balaban J connectivity index is 2.97. The van der Waals surface area contributed by atoms with Crippen LogP contribution in [0.3, 0.4) is 0 Å². The Morgan fingerprint density at radius 3 is 2.64 bits per heavy atom. The van der Waals surface area contributed by atoms with Gasteiger partial charge in [0.1, 0.15) is 0 Å². The fourth-order valence-corrected chi connectivity index (χ4v) is 1.42. The Labute approximate surface area is 72.6 Å². The minimum Gasteiger partial charge on any atom is -0.370 e. The molecule has 0 aliphatic heterocycles. The lowest BCUT2D eigenvalue weighted by Crippen LogP contribution is -2.22. The van der Waals surface area contributed by atoms with Crippen molar-refractivity contribution in [1.82, 2.24) is 0 Å². The molecule has 0 unspecified atom stereocenters. The summed E-state index contributed by atoms with van der Waals surface area (Å²) >= 11 is 1.77. The van der Waals surface area contributed by atoms with Crippen molar-refractivity contribution < 1.29 is 0 Å². The van der Waals surface area contributed by atoms with E-state index in [9.17, 15) is 0 Å². The highest BCUT2D eigenvalue weighted by Crippen LogP contribution is 2.05. The first kappa shape index (κ1) is 10.6. The van der Waals surface area contributed by atoms with Crippen molar-refractivity contribution in [2.75, 3.05) is 11.6 Å². The summed E-state index contributed by atoms with van der Waals surface area (Å²) in [4.78, 5) is 3.86. The van der Waals surface area contributed by atoms with Crippen LogP contribution in [0.15, 0.2) is 4.99 Å². The molecule has 0 saturated heterocycles. The molecule has 0 amide bonds. The lowest BCUT2D eigenvalue weighted by atomic mass is 10.3. The van der Waals surface area contributed by atoms with Gasteiger partial charge >= 0.3 is 0 Å². The van der Waals surface area contributed by atoms with Crippen LogP contribution in [0.5, 0.6) is 0 Å². The molecule has 0 fully saturated rings. The van der Waals surface area contributed by atoms with Crippen LogP contribution in [0.25, 0.3) is 0 Å². The molecule has 66 valence electrons. The van der Waals surface area contributed by atoms with Crippen LogP contribution in [-0.2, 0) is 0 Å². The molecule has 3 nitrogen and oxygen atoms in total. The number of aliphatic imine (C=N–C) groups is 1. The fourth-order valence-electron chi connectivity index (χ4n) is 0.639. The first-order valence-electron chi connectivity index (χ1n) is 3.90. The Bertz CT molecular complexity index is 110. The maximum atomic E-state index is 5.15. The monoisotopic (exact) mass is 175 g/mol. The van der Waals surface area contributed by atoms with Crippen LogP contribution in [-0.4, -0.2) is 17.6 Å². The lowest BCUT2D eigenvalue weighted by molar-refractivity contribution is 0.778. The third-order valence-corrected chi connectivity index (χ3v) is 2.12. The predicted octanol–water partition coefficient (Wildman–Crippen LogP) is 1.14. The second-order valence-electron chi connectivity index (χ2n) is 2.33. The van der Waals surface area contributed by atoms with Crippen LogP contribution in [0.2, 0.25) is 0 Å². The molecular formula is C7H17N3S. The topological polar surface area (TPSA) is 64.4 Å². The number of nitrogens with zero attached hydrogens (tertiary/aromatic N) is 1. The van der Waals surface area contributed by atoms with Gasteiger partial charge in [-0.05, 0) is 12.2 Å². The van der Waals surface area contributed by atoms with Gasteiger partial charge in [-0.1, -0.05) is 19.8 Å². The Hall–Kier alpha value is -0.380. The summed E-state index contributed by atoms with van der Waals surface area (Å²) < 4.78 is 0. The molecule has 0 rings (SSSR count). The van der Waals surface area contributed by atoms with Crippen molar-refractivity contribution >= 4 is 17.7 Å². The maximum absolute atomic E-state index is 5.15. The van der Waals surface area contributed by atoms with E-state index in [2.05, 4.69) is 11.9 Å². The van der Waals surface area contributed by atoms with Crippen LogP contribution in [0, 0.1) is 0 Å². The highest BCUT2D eigenvalue weighted by molar-refractivity contribution is 7.99. The zero-order chi connectivity index (χ0) is 8.53. The summed E-state index contributed by atoms with van der Waals surface area (Å²) in [6.07, 6.45) is 3.83. The third-order valence-electron chi connectivity index (χ3n) is 1.23. The van der Waals surface area contributed by atoms with Crippen LogP contribution in [0.1, 0.15) is 26.2 Å². The predicted molar refractivity (Wildman–Crippen MR) is 52.7 cm³/mol. The quantitative estimate of drug-likeness (QED) is 0.361. The Morgan fingerprint density at radius 1 is 1.36 bits per heavy atom. The van der Waals surface area contributed by atoms with Gasteiger partial charge in [0.2, 0.25) is 0 Å². The van der Waals surface area contributed by atoms with Crippen molar-refractivity contribution in [2.45, 2.75) is 26.2 Å². The number of hydrogen-bond acceptors (Lipinski definition) is 2. The van der Waals surface area contributed by atoms with E-state index in [4.69, 9.17) is 11.5 Å². The average molecular weight is 175 g/mol. The third kappa shape index (κ3) is 9.62. The smallest absolute Gasteiger partial charge is 0.186 e. The number of guanidine groups is 1. The second-order valence-corrected chi connectivity index (χ2v) is 3.40. The van der Waals surface area contributed by atoms with E-state index in [0.29, 0.717) is 5.88 Å². The highest BCUT2D eigenvalue weighted by Gasteiger charge is 1.87. The molecule has 0 radical (unpaired) electrons. The standard InChI is InChI=1S/C7H17N3S/c1-2-3-4-5-11-6-10-7(8)9/h2-6H2,1H3,(H4,8,9,10). The Morgan fingerprint density at radius 2 is 2.09 bits per heavy atom. The number of thioether (sulfide) groups is 1. The van der Waals surface area contributed by atoms with Crippen LogP contribution < -0.4 is 11.5 Å². The molecule has 0 aliphatic rings. The van der Waals surface area contributed by atoms with Crippen LogP contribution in [0.4, 0.5) is 0 Å². The fraction of sp³-hybridized carbons (Fsp3) is 0.857. The van der Waals surface area contributed by atoms with E-state index in [1.807, 2.05) is 0 Å². The molecule has 4 heteroatoms. The van der Waals surface area contributed by atoms with E-state index in [-0.39, 0.29) is 5.96 Å². The summed E-state index contributed by atoms with van der Waals surface area (Å²) in [5.74, 6) is 2.05. The van der Waals surface area contributed by atoms with Crippen molar-refractivity contribution in [3.05, 3.63) is 0 Å². The molecule has 0 aromatic rings. The van der Waals surface area contributed by atoms with Crippen molar-refractivity contribution in [3.8, 4) is 0 Å². The lowest BCUT2D eigenvalue weighted by Gasteiger charge is -1.96. The van der Waals surface area contributed by atoms with Gasteiger partial charge in [-0.2, -0.15) is 0 Å². The number of nitrogens with two attached hydrogens (primary N) is 2. The van der Waals surface area contributed by atoms with Gasteiger partial charge in [-0.3, -0.25) is 0 Å². The van der Waals surface area contributed by atoms with E-state index in [1.54, 1.807) is 11.8 Å². The summed E-state index contributed by atoms with van der Waals surface area (Å²) in [6.45, 7) is 2.20. The summed E-state index contributed by atoms with van der Waals surface area (Å²) in [7, 11) is 0. The summed E-state index contributed by atoms with van der Waals surface area (Å²) in [5.41, 5.74) is 10.3. The molecule has 0 aromatic carbocycles. The van der Waals surface area contributed by atoms with Crippen molar-refractivity contribution in [1.29, 1.82) is 0 Å². The molecule has 0 aliphatic carbocycles. The molecular weight excluding hydrogens is 158 g/mol. The molecule has 0 atom stereocenters. The van der Waals surface area contributed by atoms with Gasteiger partial charge in [-0.15, -0.1) is 11.8 Å². The molecule has 11 heavy (non-hydrogen) atoms. The first-order valence-corrected chi connectivity index (χ1v) is 5.06. The second kappa shape index (κ2) is 7.72. The number of hydrogen-bond donors (Lipinski definition) is 2. The minimum atomic E-state index is 0.188. The van der Waals surface area contributed by atoms with E-state index >= 15 is 0 Å². The first-order chi connectivity index (χ1) is 5.27. The molecule has 0 aromatic heterocycles. The minimum absolute atomic E-state index is 0.188. The van der Waals surface area contributed by atoms with E-state index in [0.717, 1.165) is 5.75 Å². The van der Waals surface area contributed by atoms with Gasteiger partial charge in [-0.25, -0.2) is 4.99 Å². The van der Waals surface area contributed by atoms with Gasteiger partial charge in [0.25, 0.3) is 0 Å². The molecule has 0 spiro atoms. The maximum Gasteiger partial charge on any atom is 0.186 e. The van der Waals surface area contributed by atoms with Crippen molar-refractivity contribution in [2.24, 2.45) is 16.5 Å². The van der Waals surface area contributed by atoms with Gasteiger partial charge in [0.05, 0.1) is 5.88 Å². The zero-order valence-corrected chi connectivity index (χ0v) is 7.86. The highest BCUT2D eigenvalue weighted by atomic mass is 32.2. The zero-order valence-electron chi connectivity index (χ0n) is 7.05. The molecule has 0 bridgehead atoms. The van der Waals surface area contributed by atoms with E-state index < -0.39 is 0 Å². The van der Waals surface area contributed by atoms with Crippen LogP contribution >= 0.6 is 11.8 Å². The van der Waals surface area contributed by atoms with Gasteiger partial charge < -0.3 is 11.5 Å². The molecule has 4 N–H and O–H groups in total. The van der Waals surface area contributed by atoms with Gasteiger partial charge in [0, 0.05) is 0 Å². The normalized spacial score (nSPS) is 9.55. The number of unbranched alkanes of at least 4 members (excludes halogenated alkanes) is 2. The molecule has 0 heterocycles. The molecule has 0 saturated carbocycles. The van der Waals surface area contributed by atoms with Gasteiger partial charge in [0.15, 0.2) is 5.96 Å². The van der Waals surface area contributed by atoms with Crippen molar-refractivity contribution in [3.63, 3.8) is 0 Å². The largest absolute Gasteiger partial charge is 0.370 e. The summed E-state index contributed by atoms with van der Waals surface area (Å²) in [6, 6.07) is 0. The average Bonchev–Trinajstić information content (AvgIpc) is 1.96. The summed E-state index contributed by atoms with van der Waals surface area (Å²) in [5, 5.41) is 0. The SMILES string of the molecule is CCCCCSCN=C(N)N. The Kier molecular flexibility index (Phi) is 7.46. The number of rotatable bonds is 6. The van der Waals surface area contributed by atoms with E-state index in [1.165, 1.54) is 19.3 Å².